The molecule has 90 valence electrons. The molecule has 0 aliphatic carbocycles. The molecule has 1 aromatic carbocycles. The number of thiol groups is 1. The highest BCUT2D eigenvalue weighted by Gasteiger charge is 2.17. The third kappa shape index (κ3) is 3.91. The number of ether oxygens (including phenoxy) is 2. The lowest BCUT2D eigenvalue weighted by molar-refractivity contribution is 0.201. The summed E-state index contributed by atoms with van der Waals surface area (Å²) in [5.74, 6) is 2.43. The van der Waals surface area contributed by atoms with Gasteiger partial charge in [0.15, 0.2) is 0 Å². The highest BCUT2D eigenvalue weighted by atomic mass is 79.9. The maximum atomic E-state index is 5.74. The van der Waals surface area contributed by atoms with Gasteiger partial charge < -0.3 is 9.47 Å². The van der Waals surface area contributed by atoms with Gasteiger partial charge in [-0.15, -0.1) is 0 Å². The molecule has 4 heteroatoms. The first-order chi connectivity index (χ1) is 7.48. The number of halogens is 1. The summed E-state index contributed by atoms with van der Waals surface area (Å²) in [5, 5.41) is 0. The minimum atomic E-state index is 0.0719. The van der Waals surface area contributed by atoms with E-state index in [1.54, 1.807) is 7.11 Å². The average molecular weight is 305 g/mol. The van der Waals surface area contributed by atoms with Gasteiger partial charge in [0.1, 0.15) is 11.5 Å². The molecule has 0 spiro atoms. The summed E-state index contributed by atoms with van der Waals surface area (Å²) < 4.78 is 11.8. The molecule has 0 atom stereocenters. The Balaban J connectivity index is 2.68. The molecular formula is C12H17BrO2S. The van der Waals surface area contributed by atoms with Crippen LogP contribution in [0.4, 0.5) is 0 Å². The average Bonchev–Trinajstić information content (AvgIpc) is 2.27. The normalized spacial score (nSPS) is 11.3. The van der Waals surface area contributed by atoms with Crippen molar-refractivity contribution in [3.8, 4) is 11.5 Å². The fraction of sp³-hybridized carbons (Fsp3) is 0.500. The van der Waals surface area contributed by atoms with Crippen molar-refractivity contribution in [2.75, 3.05) is 19.5 Å². The van der Waals surface area contributed by atoms with Crippen molar-refractivity contribution in [2.45, 2.75) is 13.8 Å². The topological polar surface area (TPSA) is 18.5 Å². The van der Waals surface area contributed by atoms with Gasteiger partial charge in [-0.05, 0) is 39.9 Å². The smallest absolute Gasteiger partial charge is 0.133 e. The molecule has 0 N–H and O–H groups in total. The van der Waals surface area contributed by atoms with Crippen LogP contribution in [0.2, 0.25) is 0 Å². The Kier molecular flexibility index (Phi) is 4.99. The molecular weight excluding hydrogens is 288 g/mol. The Hall–Kier alpha value is -0.350. The molecule has 0 aliphatic rings. The van der Waals surface area contributed by atoms with E-state index < -0.39 is 0 Å². The molecule has 0 radical (unpaired) electrons. The fourth-order valence-corrected chi connectivity index (χ4v) is 1.61. The van der Waals surface area contributed by atoms with Crippen molar-refractivity contribution in [2.24, 2.45) is 5.41 Å². The van der Waals surface area contributed by atoms with Crippen molar-refractivity contribution >= 4 is 28.6 Å². The molecule has 0 heterocycles. The van der Waals surface area contributed by atoms with Gasteiger partial charge in [0.25, 0.3) is 0 Å². The first-order valence-electron chi connectivity index (χ1n) is 5.06. The van der Waals surface area contributed by atoms with Gasteiger partial charge in [-0.3, -0.25) is 0 Å². The van der Waals surface area contributed by atoms with Gasteiger partial charge >= 0.3 is 0 Å². The Morgan fingerprint density at radius 2 is 2.06 bits per heavy atom. The van der Waals surface area contributed by atoms with Crippen LogP contribution in [0.1, 0.15) is 13.8 Å². The molecule has 0 amide bonds. The number of methoxy groups -OCH3 is 1. The van der Waals surface area contributed by atoms with E-state index in [1.165, 1.54) is 0 Å². The van der Waals surface area contributed by atoms with Crippen LogP contribution in [0, 0.1) is 5.41 Å². The van der Waals surface area contributed by atoms with E-state index in [2.05, 4.69) is 42.4 Å². The second kappa shape index (κ2) is 5.82. The molecule has 0 fully saturated rings. The molecule has 0 saturated heterocycles. The molecule has 1 rings (SSSR count). The van der Waals surface area contributed by atoms with Crippen molar-refractivity contribution in [3.05, 3.63) is 22.7 Å². The lowest BCUT2D eigenvalue weighted by Crippen LogP contribution is -2.23. The third-order valence-corrected chi connectivity index (χ3v) is 3.66. The lowest BCUT2D eigenvalue weighted by atomic mass is 9.98. The van der Waals surface area contributed by atoms with Crippen LogP contribution in [-0.2, 0) is 0 Å². The van der Waals surface area contributed by atoms with Crippen LogP contribution >= 0.6 is 28.6 Å². The van der Waals surface area contributed by atoms with Gasteiger partial charge in [-0.2, -0.15) is 12.6 Å². The van der Waals surface area contributed by atoms with Gasteiger partial charge in [0, 0.05) is 5.41 Å². The summed E-state index contributed by atoms with van der Waals surface area (Å²) in [6, 6.07) is 5.67. The van der Waals surface area contributed by atoms with E-state index in [9.17, 15) is 0 Å². The van der Waals surface area contributed by atoms with Crippen LogP contribution < -0.4 is 9.47 Å². The monoisotopic (exact) mass is 304 g/mol. The molecule has 0 aromatic heterocycles. The summed E-state index contributed by atoms with van der Waals surface area (Å²) in [6.07, 6.45) is 0. The Morgan fingerprint density at radius 1 is 1.38 bits per heavy atom. The quantitative estimate of drug-likeness (QED) is 0.834. The van der Waals surface area contributed by atoms with Crippen LogP contribution in [-0.4, -0.2) is 19.5 Å². The van der Waals surface area contributed by atoms with E-state index in [0.717, 1.165) is 21.7 Å². The van der Waals surface area contributed by atoms with Crippen LogP contribution in [0.25, 0.3) is 0 Å². The van der Waals surface area contributed by atoms with Crippen molar-refractivity contribution in [1.29, 1.82) is 0 Å². The fourth-order valence-electron chi connectivity index (χ4n) is 1.04. The van der Waals surface area contributed by atoms with Gasteiger partial charge in [0.2, 0.25) is 0 Å². The molecule has 0 bridgehead atoms. The van der Waals surface area contributed by atoms with Gasteiger partial charge in [-0.1, -0.05) is 13.8 Å². The van der Waals surface area contributed by atoms with Crippen molar-refractivity contribution < 1.29 is 9.47 Å². The third-order valence-electron chi connectivity index (χ3n) is 2.19. The zero-order valence-electron chi connectivity index (χ0n) is 9.79. The zero-order valence-corrected chi connectivity index (χ0v) is 12.3. The van der Waals surface area contributed by atoms with Crippen molar-refractivity contribution in [3.63, 3.8) is 0 Å². The first kappa shape index (κ1) is 13.7. The van der Waals surface area contributed by atoms with Crippen LogP contribution in [0.5, 0.6) is 11.5 Å². The molecule has 2 nitrogen and oxygen atoms in total. The second-order valence-corrected chi connectivity index (χ2v) is 5.58. The maximum absolute atomic E-state index is 5.74. The summed E-state index contributed by atoms with van der Waals surface area (Å²) in [7, 11) is 1.65. The summed E-state index contributed by atoms with van der Waals surface area (Å²) in [6.45, 7) is 4.89. The van der Waals surface area contributed by atoms with E-state index >= 15 is 0 Å². The van der Waals surface area contributed by atoms with Crippen molar-refractivity contribution in [1.82, 2.24) is 0 Å². The van der Waals surface area contributed by atoms with E-state index in [1.807, 2.05) is 18.2 Å². The predicted molar refractivity (Wildman–Crippen MR) is 73.8 cm³/mol. The molecule has 0 aliphatic heterocycles. The number of hydrogen-bond donors (Lipinski definition) is 1. The Labute approximate surface area is 111 Å². The molecule has 0 saturated carbocycles. The second-order valence-electron chi connectivity index (χ2n) is 4.41. The van der Waals surface area contributed by atoms with Crippen LogP contribution in [0.3, 0.4) is 0 Å². The highest BCUT2D eigenvalue weighted by Crippen LogP contribution is 2.30. The first-order valence-corrected chi connectivity index (χ1v) is 6.48. The van der Waals surface area contributed by atoms with Gasteiger partial charge in [-0.25, -0.2) is 0 Å². The van der Waals surface area contributed by atoms with Crippen LogP contribution in [0.15, 0.2) is 22.7 Å². The highest BCUT2D eigenvalue weighted by molar-refractivity contribution is 9.10. The molecule has 0 unspecified atom stereocenters. The molecule has 1 aromatic rings. The van der Waals surface area contributed by atoms with Gasteiger partial charge in [0.05, 0.1) is 18.2 Å². The number of benzene rings is 1. The summed E-state index contributed by atoms with van der Waals surface area (Å²) >= 11 is 7.75. The lowest BCUT2D eigenvalue weighted by Gasteiger charge is -2.22. The Bertz CT molecular complexity index is 353. The molecule has 16 heavy (non-hydrogen) atoms. The van der Waals surface area contributed by atoms with E-state index in [4.69, 9.17) is 9.47 Å². The minimum absolute atomic E-state index is 0.0719. The number of rotatable bonds is 5. The Morgan fingerprint density at radius 3 is 2.56 bits per heavy atom. The maximum Gasteiger partial charge on any atom is 0.133 e. The standard InChI is InChI=1S/C12H17BrO2S/c1-12(2,8-16)7-15-11-5-4-9(14-3)6-10(11)13/h4-6,16H,7-8H2,1-3H3. The SMILES string of the molecule is COc1ccc(OCC(C)(C)CS)c(Br)c1. The van der Waals surface area contributed by atoms with E-state index in [0.29, 0.717) is 6.61 Å². The minimum Gasteiger partial charge on any atom is -0.497 e. The summed E-state index contributed by atoms with van der Waals surface area (Å²) in [5.41, 5.74) is 0.0719. The van der Waals surface area contributed by atoms with E-state index in [-0.39, 0.29) is 5.41 Å². The summed E-state index contributed by atoms with van der Waals surface area (Å²) in [4.78, 5) is 0. The number of hydrogen-bond acceptors (Lipinski definition) is 3. The zero-order chi connectivity index (χ0) is 12.2. The largest absolute Gasteiger partial charge is 0.497 e. The predicted octanol–water partition coefficient (Wildman–Crippen LogP) is 3.79.